The molecule has 0 amide bonds. The van der Waals surface area contributed by atoms with Crippen LogP contribution in [0.2, 0.25) is 0 Å². The van der Waals surface area contributed by atoms with E-state index in [1.165, 1.54) is 0 Å². The van der Waals surface area contributed by atoms with E-state index in [0.717, 1.165) is 17.9 Å². The highest BCUT2D eigenvalue weighted by atomic mass is 32.1. The van der Waals surface area contributed by atoms with Gasteiger partial charge in [0.2, 0.25) is 0 Å². The molecule has 94 valence electrons. The van der Waals surface area contributed by atoms with Crippen LogP contribution in [-0.4, -0.2) is 11.7 Å². The summed E-state index contributed by atoms with van der Waals surface area (Å²) in [7, 11) is 0. The predicted molar refractivity (Wildman–Crippen MR) is 76.4 cm³/mol. The van der Waals surface area contributed by atoms with Crippen LogP contribution in [0.15, 0.2) is 53.1 Å². The topological polar surface area (TPSA) is 37.2 Å². The molecule has 0 aliphatic carbocycles. The van der Waals surface area contributed by atoms with E-state index in [-0.39, 0.29) is 6.04 Å². The molecule has 1 aromatic heterocycles. The highest BCUT2D eigenvalue weighted by molar-refractivity contribution is 7.80. The fraction of sp³-hybridized carbons (Fsp3) is 0.214. The van der Waals surface area contributed by atoms with Crippen LogP contribution in [0.3, 0.4) is 0 Å². The Bertz CT molecular complexity index is 482. The molecular formula is C14H16N2OS. The Labute approximate surface area is 112 Å². The van der Waals surface area contributed by atoms with Gasteiger partial charge >= 0.3 is 0 Å². The van der Waals surface area contributed by atoms with Crippen molar-refractivity contribution in [1.29, 1.82) is 0 Å². The lowest BCUT2D eigenvalue weighted by atomic mass is 10.1. The van der Waals surface area contributed by atoms with Crippen molar-refractivity contribution in [2.24, 2.45) is 0 Å². The smallest absolute Gasteiger partial charge is 0.167 e. The second-order valence-corrected chi connectivity index (χ2v) is 4.27. The average Bonchev–Trinajstić information content (AvgIpc) is 2.91. The lowest BCUT2D eigenvalue weighted by Crippen LogP contribution is -2.37. The third kappa shape index (κ3) is 3.11. The van der Waals surface area contributed by atoms with Crippen molar-refractivity contribution in [1.82, 2.24) is 10.6 Å². The molecule has 18 heavy (non-hydrogen) atoms. The zero-order valence-electron chi connectivity index (χ0n) is 10.2. The predicted octanol–water partition coefficient (Wildman–Crippen LogP) is 2.85. The number of rotatable bonds is 4. The summed E-state index contributed by atoms with van der Waals surface area (Å²) in [5.41, 5.74) is 1.12. The number of furan rings is 1. The average molecular weight is 260 g/mol. The number of thiocarbonyl (C=S) groups is 1. The lowest BCUT2D eigenvalue weighted by Gasteiger charge is -2.19. The van der Waals surface area contributed by atoms with Gasteiger partial charge in [0, 0.05) is 6.54 Å². The van der Waals surface area contributed by atoms with E-state index in [4.69, 9.17) is 16.6 Å². The molecule has 1 heterocycles. The van der Waals surface area contributed by atoms with Crippen LogP contribution < -0.4 is 10.6 Å². The SMILES string of the molecule is CCNC(=S)N[C@@H](c1ccccc1)c1ccco1. The highest BCUT2D eigenvalue weighted by Gasteiger charge is 2.17. The maximum atomic E-state index is 5.48. The number of hydrogen-bond donors (Lipinski definition) is 2. The van der Waals surface area contributed by atoms with Gasteiger partial charge in [0.15, 0.2) is 5.11 Å². The first-order chi connectivity index (χ1) is 8.81. The Balaban J connectivity index is 2.22. The van der Waals surface area contributed by atoms with Crippen molar-refractivity contribution in [2.75, 3.05) is 6.54 Å². The molecule has 0 fully saturated rings. The van der Waals surface area contributed by atoms with Gasteiger partial charge in [0.05, 0.1) is 6.26 Å². The molecule has 0 radical (unpaired) electrons. The second kappa shape index (κ2) is 6.21. The molecule has 1 aromatic carbocycles. The van der Waals surface area contributed by atoms with Crippen molar-refractivity contribution in [3.8, 4) is 0 Å². The fourth-order valence-electron chi connectivity index (χ4n) is 1.76. The fourth-order valence-corrected chi connectivity index (χ4v) is 2.02. The van der Waals surface area contributed by atoms with Crippen LogP contribution in [0.1, 0.15) is 24.3 Å². The van der Waals surface area contributed by atoms with E-state index in [1.54, 1.807) is 6.26 Å². The summed E-state index contributed by atoms with van der Waals surface area (Å²) in [6, 6.07) is 13.9. The molecule has 0 spiro atoms. The van der Waals surface area contributed by atoms with Crippen LogP contribution in [0, 0.1) is 0 Å². The third-order valence-electron chi connectivity index (χ3n) is 2.57. The molecule has 0 aliphatic heterocycles. The zero-order valence-corrected chi connectivity index (χ0v) is 11.0. The van der Waals surface area contributed by atoms with Crippen LogP contribution >= 0.6 is 12.2 Å². The maximum absolute atomic E-state index is 5.48. The Morgan fingerprint density at radius 3 is 2.61 bits per heavy atom. The van der Waals surface area contributed by atoms with Gasteiger partial charge in [-0.05, 0) is 36.8 Å². The molecule has 2 aromatic rings. The van der Waals surface area contributed by atoms with E-state index >= 15 is 0 Å². The monoisotopic (exact) mass is 260 g/mol. The quantitative estimate of drug-likeness (QED) is 0.829. The maximum Gasteiger partial charge on any atom is 0.167 e. The minimum Gasteiger partial charge on any atom is -0.467 e. The molecule has 2 N–H and O–H groups in total. The van der Waals surface area contributed by atoms with Gasteiger partial charge in [-0.2, -0.15) is 0 Å². The minimum absolute atomic E-state index is 0.0623. The Morgan fingerprint density at radius 2 is 2.00 bits per heavy atom. The first kappa shape index (κ1) is 12.6. The summed E-state index contributed by atoms with van der Waals surface area (Å²) in [6.45, 7) is 2.81. The third-order valence-corrected chi connectivity index (χ3v) is 2.84. The van der Waals surface area contributed by atoms with E-state index in [9.17, 15) is 0 Å². The second-order valence-electron chi connectivity index (χ2n) is 3.86. The molecule has 0 unspecified atom stereocenters. The van der Waals surface area contributed by atoms with Crippen molar-refractivity contribution < 1.29 is 4.42 Å². The van der Waals surface area contributed by atoms with Crippen molar-refractivity contribution in [2.45, 2.75) is 13.0 Å². The molecule has 0 saturated heterocycles. The Hall–Kier alpha value is -1.81. The largest absolute Gasteiger partial charge is 0.467 e. The van der Waals surface area contributed by atoms with Crippen molar-refractivity contribution in [3.05, 3.63) is 60.1 Å². The van der Waals surface area contributed by atoms with E-state index in [1.807, 2.05) is 37.3 Å². The number of benzene rings is 1. The molecule has 0 aliphatic rings. The molecule has 4 heteroatoms. The standard InChI is InChI=1S/C14H16N2OS/c1-2-15-14(18)16-13(12-9-6-10-17-12)11-7-4-3-5-8-11/h3-10,13H,2H2,1H3,(H2,15,16,18)/t13-/m0/s1. The summed E-state index contributed by atoms with van der Waals surface area (Å²) < 4.78 is 5.48. The van der Waals surface area contributed by atoms with Gasteiger partial charge in [-0.25, -0.2) is 0 Å². The molecule has 1 atom stereocenters. The van der Waals surface area contributed by atoms with Gasteiger partial charge < -0.3 is 15.1 Å². The van der Waals surface area contributed by atoms with Gasteiger partial charge in [-0.1, -0.05) is 30.3 Å². The van der Waals surface area contributed by atoms with Crippen molar-refractivity contribution in [3.63, 3.8) is 0 Å². The van der Waals surface area contributed by atoms with E-state index in [0.29, 0.717) is 5.11 Å². The highest BCUT2D eigenvalue weighted by Crippen LogP contribution is 2.22. The molecule has 3 nitrogen and oxygen atoms in total. The molecule has 0 bridgehead atoms. The van der Waals surface area contributed by atoms with Crippen LogP contribution in [-0.2, 0) is 0 Å². The molecular weight excluding hydrogens is 244 g/mol. The Morgan fingerprint density at radius 1 is 1.22 bits per heavy atom. The van der Waals surface area contributed by atoms with Crippen LogP contribution in [0.4, 0.5) is 0 Å². The van der Waals surface area contributed by atoms with Gasteiger partial charge in [0.25, 0.3) is 0 Å². The summed E-state index contributed by atoms with van der Waals surface area (Å²) in [5.74, 6) is 0.849. The Kier molecular flexibility index (Phi) is 4.36. The summed E-state index contributed by atoms with van der Waals surface area (Å²) in [4.78, 5) is 0. The summed E-state index contributed by atoms with van der Waals surface area (Å²) in [6.07, 6.45) is 1.67. The van der Waals surface area contributed by atoms with Crippen molar-refractivity contribution >= 4 is 17.3 Å². The van der Waals surface area contributed by atoms with Gasteiger partial charge in [0.1, 0.15) is 11.8 Å². The first-order valence-corrected chi connectivity index (χ1v) is 6.34. The van der Waals surface area contributed by atoms with Crippen LogP contribution in [0.5, 0.6) is 0 Å². The molecule has 0 saturated carbocycles. The normalized spacial score (nSPS) is 11.8. The van der Waals surface area contributed by atoms with E-state index < -0.39 is 0 Å². The van der Waals surface area contributed by atoms with Crippen LogP contribution in [0.25, 0.3) is 0 Å². The summed E-state index contributed by atoms with van der Waals surface area (Å²) in [5, 5.41) is 6.98. The van der Waals surface area contributed by atoms with Gasteiger partial charge in [-0.3, -0.25) is 0 Å². The first-order valence-electron chi connectivity index (χ1n) is 5.94. The number of hydrogen-bond acceptors (Lipinski definition) is 2. The van der Waals surface area contributed by atoms with E-state index in [2.05, 4.69) is 22.8 Å². The summed E-state index contributed by atoms with van der Waals surface area (Å²) >= 11 is 5.24. The molecule has 2 rings (SSSR count). The lowest BCUT2D eigenvalue weighted by molar-refractivity contribution is 0.474. The zero-order chi connectivity index (χ0) is 12.8. The van der Waals surface area contributed by atoms with Gasteiger partial charge in [-0.15, -0.1) is 0 Å². The minimum atomic E-state index is -0.0623. The number of nitrogens with one attached hydrogen (secondary N) is 2.